The van der Waals surface area contributed by atoms with Crippen molar-refractivity contribution in [2.75, 3.05) is 31.1 Å². The quantitative estimate of drug-likeness (QED) is 0.693. The van der Waals surface area contributed by atoms with Gasteiger partial charge in [-0.25, -0.2) is 23.8 Å². The van der Waals surface area contributed by atoms with Crippen molar-refractivity contribution in [2.45, 2.75) is 38.8 Å². The van der Waals surface area contributed by atoms with Crippen molar-refractivity contribution in [3.63, 3.8) is 0 Å². The van der Waals surface area contributed by atoms with Crippen molar-refractivity contribution in [1.82, 2.24) is 24.6 Å². The second-order valence-electron chi connectivity index (χ2n) is 8.44. The number of piperidine rings is 1. The molecule has 3 aromatic rings. The molecule has 0 spiro atoms. The molecule has 9 heteroatoms. The second kappa shape index (κ2) is 7.47. The molecule has 2 saturated heterocycles. The number of hydrogen-bond donors (Lipinski definition) is 1. The van der Waals surface area contributed by atoms with Gasteiger partial charge in [-0.05, 0) is 49.9 Å². The number of aryl methyl sites for hydroxylation is 2. The maximum Gasteiger partial charge on any atom is 0.407 e. The molecule has 0 bridgehead atoms. The number of halogens is 1. The van der Waals surface area contributed by atoms with Crippen molar-refractivity contribution >= 4 is 22.8 Å². The minimum absolute atomic E-state index is 0.0962. The van der Waals surface area contributed by atoms with Crippen LogP contribution in [0, 0.1) is 13.8 Å². The first-order chi connectivity index (χ1) is 14.9. The van der Waals surface area contributed by atoms with Gasteiger partial charge in [-0.1, -0.05) is 0 Å². The van der Waals surface area contributed by atoms with Crippen molar-refractivity contribution in [2.24, 2.45) is 0 Å². The van der Waals surface area contributed by atoms with Gasteiger partial charge in [0, 0.05) is 37.0 Å². The molecule has 1 N–H and O–H groups in total. The lowest BCUT2D eigenvalue weighted by atomic mass is 9.85. The average Bonchev–Trinajstić information content (AvgIpc) is 3.08. The zero-order valence-electron chi connectivity index (χ0n) is 17.6. The molecule has 4 heterocycles. The molecule has 2 aromatic heterocycles. The van der Waals surface area contributed by atoms with Gasteiger partial charge in [0.15, 0.2) is 5.82 Å². The number of amides is 1. The highest BCUT2D eigenvalue weighted by Gasteiger charge is 2.33. The molecule has 1 aromatic carbocycles. The number of aromatic nitrogens is 4. The van der Waals surface area contributed by atoms with E-state index in [-0.39, 0.29) is 12.5 Å². The van der Waals surface area contributed by atoms with Crippen LogP contribution in [0.1, 0.15) is 35.7 Å². The van der Waals surface area contributed by atoms with Crippen molar-refractivity contribution < 1.29 is 14.3 Å². The summed E-state index contributed by atoms with van der Waals surface area (Å²) in [5.74, 6) is 1.93. The highest BCUT2D eigenvalue weighted by atomic mass is 19.1. The predicted octanol–water partition coefficient (Wildman–Crippen LogP) is 3.45. The van der Waals surface area contributed by atoms with Crippen LogP contribution in [0.5, 0.6) is 0 Å². The molecular formula is C22H25FN6O2. The molecule has 2 unspecified atom stereocenters. The van der Waals surface area contributed by atoms with E-state index in [0.717, 1.165) is 52.3 Å². The Balaban J connectivity index is 1.54. The molecule has 2 aliphatic heterocycles. The van der Waals surface area contributed by atoms with Gasteiger partial charge < -0.3 is 14.9 Å². The smallest absolute Gasteiger partial charge is 0.407 e. The van der Waals surface area contributed by atoms with Crippen LogP contribution in [-0.2, 0) is 0 Å². The summed E-state index contributed by atoms with van der Waals surface area (Å²) in [6.45, 7) is 6.07. The Morgan fingerprint density at radius 2 is 1.90 bits per heavy atom. The van der Waals surface area contributed by atoms with Crippen LogP contribution in [0.2, 0.25) is 0 Å². The first-order valence-corrected chi connectivity index (χ1v) is 10.6. The van der Waals surface area contributed by atoms with Gasteiger partial charge in [0.1, 0.15) is 17.8 Å². The van der Waals surface area contributed by atoms with E-state index in [0.29, 0.717) is 24.6 Å². The Morgan fingerprint density at radius 3 is 2.58 bits per heavy atom. The van der Waals surface area contributed by atoms with E-state index in [2.05, 4.69) is 20.0 Å². The van der Waals surface area contributed by atoms with E-state index in [1.165, 1.54) is 0 Å². The number of hydrogen-bond acceptors (Lipinski definition) is 5. The third-order valence-corrected chi connectivity index (χ3v) is 6.38. The minimum Gasteiger partial charge on any atom is -0.465 e. The molecule has 5 rings (SSSR count). The number of carboxylic acid groups (broad SMARTS) is 1. The zero-order chi connectivity index (χ0) is 21.7. The largest absolute Gasteiger partial charge is 0.465 e. The van der Waals surface area contributed by atoms with Crippen molar-refractivity contribution in [1.29, 1.82) is 0 Å². The van der Waals surface area contributed by atoms with Gasteiger partial charge >= 0.3 is 6.09 Å². The Kier molecular flexibility index (Phi) is 4.75. The van der Waals surface area contributed by atoms with Crippen LogP contribution in [0.25, 0.3) is 16.7 Å². The number of anilines is 1. The SMILES string of the molecule is Cc1nc(N2CCC2)cc(-n2ncc3cc(C)c(C4CCN(C(=O)O)CC4F)cc32)n1. The van der Waals surface area contributed by atoms with Crippen LogP contribution >= 0.6 is 0 Å². The van der Waals surface area contributed by atoms with Crippen molar-refractivity contribution in [3.05, 3.63) is 41.3 Å². The fourth-order valence-corrected chi connectivity index (χ4v) is 4.57. The first-order valence-electron chi connectivity index (χ1n) is 10.6. The summed E-state index contributed by atoms with van der Waals surface area (Å²) in [5.41, 5.74) is 2.75. The van der Waals surface area contributed by atoms with Gasteiger partial charge in [0.2, 0.25) is 0 Å². The summed E-state index contributed by atoms with van der Waals surface area (Å²) in [6, 6.07) is 5.96. The van der Waals surface area contributed by atoms with Crippen LogP contribution in [0.3, 0.4) is 0 Å². The molecular weight excluding hydrogens is 399 g/mol. The van der Waals surface area contributed by atoms with E-state index in [1.807, 2.05) is 32.0 Å². The molecule has 0 aliphatic carbocycles. The highest BCUT2D eigenvalue weighted by molar-refractivity contribution is 5.82. The molecule has 0 saturated carbocycles. The minimum atomic E-state index is -1.24. The lowest BCUT2D eigenvalue weighted by Gasteiger charge is -2.34. The van der Waals surface area contributed by atoms with E-state index < -0.39 is 12.3 Å². The summed E-state index contributed by atoms with van der Waals surface area (Å²) >= 11 is 0. The molecule has 1 amide bonds. The molecule has 162 valence electrons. The monoisotopic (exact) mass is 424 g/mol. The van der Waals surface area contributed by atoms with E-state index in [9.17, 15) is 14.3 Å². The van der Waals surface area contributed by atoms with Crippen LogP contribution < -0.4 is 4.90 Å². The number of likely N-dealkylation sites (tertiary alicyclic amines) is 1. The average molecular weight is 424 g/mol. The fraction of sp³-hybridized carbons (Fsp3) is 0.455. The Labute approximate surface area is 179 Å². The van der Waals surface area contributed by atoms with Gasteiger partial charge in [-0.3, -0.25) is 0 Å². The van der Waals surface area contributed by atoms with Gasteiger partial charge in [-0.2, -0.15) is 5.10 Å². The number of alkyl halides is 1. The second-order valence-corrected chi connectivity index (χ2v) is 8.44. The third kappa shape index (κ3) is 3.47. The Hall–Kier alpha value is -3.23. The molecule has 2 aliphatic rings. The van der Waals surface area contributed by atoms with E-state index >= 15 is 0 Å². The van der Waals surface area contributed by atoms with Crippen LogP contribution in [0.4, 0.5) is 15.0 Å². The Bertz CT molecular complexity index is 1160. The molecule has 31 heavy (non-hydrogen) atoms. The van der Waals surface area contributed by atoms with Gasteiger partial charge in [-0.15, -0.1) is 0 Å². The molecule has 2 fully saturated rings. The molecule has 2 atom stereocenters. The van der Waals surface area contributed by atoms with Gasteiger partial charge in [0.05, 0.1) is 18.3 Å². The topological polar surface area (TPSA) is 87.4 Å². The summed E-state index contributed by atoms with van der Waals surface area (Å²) in [6.07, 6.45) is 1.11. The lowest BCUT2D eigenvalue weighted by Crippen LogP contribution is -2.43. The third-order valence-electron chi connectivity index (χ3n) is 6.38. The highest BCUT2D eigenvalue weighted by Crippen LogP contribution is 2.35. The molecule has 8 nitrogen and oxygen atoms in total. The zero-order valence-corrected chi connectivity index (χ0v) is 17.6. The fourth-order valence-electron chi connectivity index (χ4n) is 4.57. The van der Waals surface area contributed by atoms with E-state index in [1.54, 1.807) is 10.9 Å². The maximum absolute atomic E-state index is 15.0. The van der Waals surface area contributed by atoms with Crippen LogP contribution in [-0.4, -0.2) is 68.2 Å². The summed E-state index contributed by atoms with van der Waals surface area (Å²) < 4.78 is 16.7. The summed E-state index contributed by atoms with van der Waals surface area (Å²) in [5, 5.41) is 14.7. The number of fused-ring (bicyclic) bond motifs is 1. The predicted molar refractivity (Wildman–Crippen MR) is 115 cm³/mol. The normalized spacial score (nSPS) is 21.4. The summed E-state index contributed by atoms with van der Waals surface area (Å²) in [4.78, 5) is 23.7. The number of rotatable bonds is 3. The van der Waals surface area contributed by atoms with Gasteiger partial charge in [0.25, 0.3) is 0 Å². The summed E-state index contributed by atoms with van der Waals surface area (Å²) in [7, 11) is 0. The van der Waals surface area contributed by atoms with Crippen LogP contribution in [0.15, 0.2) is 24.4 Å². The number of nitrogens with zero attached hydrogens (tertiary/aromatic N) is 6. The Morgan fingerprint density at radius 1 is 1.13 bits per heavy atom. The maximum atomic E-state index is 15.0. The van der Waals surface area contributed by atoms with E-state index in [4.69, 9.17) is 0 Å². The standard InChI is InChI=1S/C22H25FN6O2/c1-13-8-15-11-24-29(21-10-20(25-14(2)26-21)27-5-3-6-27)19(15)9-17(13)16-4-7-28(22(30)31)12-18(16)23/h8-11,16,18H,3-7,12H2,1-2H3,(H,30,31). The van der Waals surface area contributed by atoms with Crippen molar-refractivity contribution in [3.8, 4) is 5.82 Å². The first kappa shape index (κ1) is 19.7. The molecule has 0 radical (unpaired) electrons. The number of benzene rings is 1. The lowest BCUT2D eigenvalue weighted by molar-refractivity contribution is 0.0962. The number of carbonyl (C=O) groups is 1.